The Morgan fingerprint density at radius 2 is 1.19 bits per heavy atom. The highest BCUT2D eigenvalue weighted by Crippen LogP contribution is 2.42. The number of amides is 1. The van der Waals surface area contributed by atoms with Gasteiger partial charge in [-0.25, -0.2) is 13.6 Å². The first-order valence-electron chi connectivity index (χ1n) is 14.4. The number of fused-ring (bicyclic) bond motifs is 2. The number of hydrogen-bond acceptors (Lipinski definition) is 4. The summed E-state index contributed by atoms with van der Waals surface area (Å²) in [5, 5.41) is 22.6. The molecule has 4 atom stereocenters. The number of benzene rings is 4. The number of aliphatic hydroxyl groups excluding tert-OH is 1. The zero-order valence-electron chi connectivity index (χ0n) is 23.3. The molecule has 6 nitrogen and oxygen atoms in total. The van der Waals surface area contributed by atoms with Gasteiger partial charge in [0.25, 0.3) is 0 Å². The van der Waals surface area contributed by atoms with Crippen molar-refractivity contribution in [2.45, 2.75) is 49.0 Å². The van der Waals surface area contributed by atoms with Crippen LogP contribution >= 0.6 is 0 Å². The summed E-state index contributed by atoms with van der Waals surface area (Å²) >= 11 is 0. The van der Waals surface area contributed by atoms with E-state index in [1.165, 1.54) is 53.4 Å². The molecule has 220 valence electrons. The molecule has 2 aliphatic rings. The fraction of sp³-hybridized carbons (Fsp3) is 0.257. The number of carbonyl (C=O) groups excluding carboxylic acids is 1. The molecule has 2 N–H and O–H groups in total. The number of likely N-dealkylation sites (tertiary alicyclic amines) is 1. The highest BCUT2D eigenvalue weighted by Gasteiger charge is 2.54. The van der Waals surface area contributed by atoms with Crippen molar-refractivity contribution in [2.24, 2.45) is 0 Å². The van der Waals surface area contributed by atoms with Crippen LogP contribution in [0.25, 0.3) is 0 Å². The first kappa shape index (κ1) is 28.7. The number of hydrogen-bond donors (Lipinski definition) is 2. The zero-order chi connectivity index (χ0) is 30.1. The smallest absolute Gasteiger partial charge is 0.328 e. The lowest BCUT2D eigenvalue weighted by Gasteiger charge is -2.49. The van der Waals surface area contributed by atoms with E-state index in [0.717, 1.165) is 11.1 Å². The summed E-state index contributed by atoms with van der Waals surface area (Å²) in [5.74, 6) is -3.95. The van der Waals surface area contributed by atoms with Gasteiger partial charge in [0.15, 0.2) is 0 Å². The second-order valence-corrected chi connectivity index (χ2v) is 11.3. The second-order valence-electron chi connectivity index (χ2n) is 11.3. The molecular formula is C35H32F2N2O4. The van der Waals surface area contributed by atoms with Crippen LogP contribution in [0, 0.1) is 11.6 Å². The minimum Gasteiger partial charge on any atom is -0.480 e. The number of piperazine rings is 1. The first-order chi connectivity index (χ1) is 20.8. The summed E-state index contributed by atoms with van der Waals surface area (Å²) in [6.45, 7) is 0.0958. The molecule has 2 fully saturated rings. The van der Waals surface area contributed by atoms with Crippen LogP contribution in [0.3, 0.4) is 0 Å². The first-order valence-corrected chi connectivity index (χ1v) is 14.4. The minimum atomic E-state index is -1.23. The maximum atomic E-state index is 14.4. The van der Waals surface area contributed by atoms with E-state index in [-0.39, 0.29) is 12.6 Å². The molecule has 0 aliphatic carbocycles. The van der Waals surface area contributed by atoms with E-state index >= 15 is 0 Å². The van der Waals surface area contributed by atoms with Gasteiger partial charge in [0.1, 0.15) is 23.9 Å². The zero-order valence-corrected chi connectivity index (χ0v) is 23.3. The lowest BCUT2D eigenvalue weighted by Crippen LogP contribution is -2.66. The summed E-state index contributed by atoms with van der Waals surface area (Å²) in [4.78, 5) is 30.5. The Morgan fingerprint density at radius 3 is 1.65 bits per heavy atom. The maximum absolute atomic E-state index is 14.4. The van der Waals surface area contributed by atoms with Crippen molar-refractivity contribution < 1.29 is 28.6 Å². The van der Waals surface area contributed by atoms with E-state index in [2.05, 4.69) is 0 Å². The van der Waals surface area contributed by atoms with Crippen LogP contribution in [0.5, 0.6) is 0 Å². The molecule has 2 unspecified atom stereocenters. The van der Waals surface area contributed by atoms with Gasteiger partial charge in [0.2, 0.25) is 5.91 Å². The molecule has 2 saturated heterocycles. The summed E-state index contributed by atoms with van der Waals surface area (Å²) in [6.07, 6.45) is 0.0753. The number of aliphatic carboxylic acids is 1. The number of carbonyl (C=O) groups is 2. The van der Waals surface area contributed by atoms with E-state index in [4.69, 9.17) is 0 Å². The number of rotatable bonds is 8. The summed E-state index contributed by atoms with van der Waals surface area (Å²) in [5.41, 5.74) is 2.76. The van der Waals surface area contributed by atoms with E-state index < -0.39 is 53.7 Å². The number of carboxylic acids is 1. The number of halogens is 2. The second kappa shape index (κ2) is 12.1. The SMILES string of the molecule is O=C(O)[C@@H]1[C@H]2CCC(CN1C(=O)C(c1ccc(F)cc1)c1ccc(F)cc1)N2C(O)C(c1ccccc1)c1ccccc1. The summed E-state index contributed by atoms with van der Waals surface area (Å²) < 4.78 is 27.6. The van der Waals surface area contributed by atoms with Crippen molar-refractivity contribution in [3.63, 3.8) is 0 Å². The van der Waals surface area contributed by atoms with Crippen molar-refractivity contribution in [1.29, 1.82) is 0 Å². The van der Waals surface area contributed by atoms with E-state index in [1.54, 1.807) is 0 Å². The number of nitrogens with zero attached hydrogens (tertiary/aromatic N) is 2. The van der Waals surface area contributed by atoms with Crippen LogP contribution in [0.2, 0.25) is 0 Å². The van der Waals surface area contributed by atoms with Crippen LogP contribution < -0.4 is 0 Å². The molecule has 0 radical (unpaired) electrons. The Kier molecular flexibility index (Phi) is 8.06. The monoisotopic (exact) mass is 582 g/mol. The van der Waals surface area contributed by atoms with Crippen LogP contribution in [0.1, 0.15) is 46.9 Å². The highest BCUT2D eigenvalue weighted by atomic mass is 19.1. The molecule has 2 aliphatic heterocycles. The van der Waals surface area contributed by atoms with Crippen molar-refractivity contribution in [3.05, 3.63) is 143 Å². The Bertz CT molecular complexity index is 1480. The Hall–Kier alpha value is -4.40. The molecule has 6 rings (SSSR count). The average molecular weight is 583 g/mol. The van der Waals surface area contributed by atoms with Gasteiger partial charge in [0, 0.05) is 24.5 Å². The predicted octanol–water partition coefficient (Wildman–Crippen LogP) is 5.38. The number of carboxylic acid groups (broad SMARTS) is 1. The molecule has 2 heterocycles. The highest BCUT2D eigenvalue weighted by molar-refractivity contribution is 5.91. The van der Waals surface area contributed by atoms with Crippen LogP contribution in [-0.4, -0.2) is 62.8 Å². The van der Waals surface area contributed by atoms with E-state index in [9.17, 15) is 28.6 Å². The lowest BCUT2D eigenvalue weighted by molar-refractivity contribution is -0.164. The Labute approximate surface area is 248 Å². The predicted molar refractivity (Wildman–Crippen MR) is 157 cm³/mol. The topological polar surface area (TPSA) is 81.1 Å². The Morgan fingerprint density at radius 1 is 0.698 bits per heavy atom. The summed E-state index contributed by atoms with van der Waals surface area (Å²) in [7, 11) is 0. The van der Waals surface area contributed by atoms with Gasteiger partial charge in [-0.2, -0.15) is 0 Å². The molecular weight excluding hydrogens is 550 g/mol. The maximum Gasteiger partial charge on any atom is 0.328 e. The van der Waals surface area contributed by atoms with E-state index in [0.29, 0.717) is 24.0 Å². The Balaban J connectivity index is 1.36. The quantitative estimate of drug-likeness (QED) is 0.292. The molecule has 4 aromatic rings. The van der Waals surface area contributed by atoms with Crippen LogP contribution in [0.15, 0.2) is 109 Å². The fourth-order valence-electron chi connectivity index (χ4n) is 6.91. The van der Waals surface area contributed by atoms with Crippen molar-refractivity contribution >= 4 is 11.9 Å². The third-order valence-corrected chi connectivity index (χ3v) is 8.82. The van der Waals surface area contributed by atoms with Gasteiger partial charge >= 0.3 is 5.97 Å². The standard InChI is InChI=1S/C35H32F2N2O4/c36-26-15-11-24(12-16-26)30(25-13-17-27(37)18-14-25)33(40)38-21-28-19-20-29(32(38)35(42)43)39(28)34(41)31(22-7-3-1-4-8-22)23-9-5-2-6-10-23/h1-18,28-32,34,41H,19-21H2,(H,42,43)/t28?,29-,32+,34?/m1/s1. The molecule has 4 aromatic carbocycles. The van der Waals surface area contributed by atoms with Gasteiger partial charge in [0.05, 0.1) is 5.92 Å². The summed E-state index contributed by atoms with van der Waals surface area (Å²) in [6, 6.07) is 28.1. The average Bonchev–Trinajstić information content (AvgIpc) is 3.32. The van der Waals surface area contributed by atoms with Crippen molar-refractivity contribution in [2.75, 3.05) is 6.54 Å². The third kappa shape index (κ3) is 5.56. The number of aliphatic hydroxyl groups is 1. The van der Waals surface area contributed by atoms with Crippen molar-refractivity contribution in [1.82, 2.24) is 9.80 Å². The van der Waals surface area contributed by atoms with Crippen LogP contribution in [-0.2, 0) is 9.59 Å². The fourth-order valence-corrected chi connectivity index (χ4v) is 6.91. The van der Waals surface area contributed by atoms with Crippen molar-refractivity contribution in [3.8, 4) is 0 Å². The van der Waals surface area contributed by atoms with Gasteiger partial charge in [-0.05, 0) is 59.4 Å². The normalized spacial score (nSPS) is 20.9. The lowest BCUT2D eigenvalue weighted by atomic mass is 9.86. The molecule has 2 bridgehead atoms. The molecule has 1 amide bonds. The molecule has 8 heteroatoms. The van der Waals surface area contributed by atoms with Gasteiger partial charge in [-0.3, -0.25) is 9.69 Å². The van der Waals surface area contributed by atoms with E-state index in [1.807, 2.05) is 65.6 Å². The van der Waals surface area contributed by atoms with Gasteiger partial charge in [-0.15, -0.1) is 0 Å². The molecule has 43 heavy (non-hydrogen) atoms. The third-order valence-electron chi connectivity index (χ3n) is 8.82. The molecule has 0 spiro atoms. The molecule has 0 aromatic heterocycles. The minimum absolute atomic E-state index is 0.0958. The van der Waals surface area contributed by atoms with Gasteiger partial charge < -0.3 is 15.1 Å². The van der Waals surface area contributed by atoms with Gasteiger partial charge in [-0.1, -0.05) is 84.9 Å². The van der Waals surface area contributed by atoms with Crippen LogP contribution in [0.4, 0.5) is 8.78 Å². The largest absolute Gasteiger partial charge is 0.480 e. The molecule has 0 saturated carbocycles.